The molecule has 2 nitrogen and oxygen atoms in total. The van der Waals surface area contributed by atoms with Crippen LogP contribution >= 0.6 is 11.3 Å². The first-order valence-electron chi connectivity index (χ1n) is 13.3. The lowest BCUT2D eigenvalue weighted by Gasteiger charge is -2.10. The van der Waals surface area contributed by atoms with Gasteiger partial charge in [0, 0.05) is 43.7 Å². The van der Waals surface area contributed by atoms with E-state index in [2.05, 4.69) is 143 Å². The van der Waals surface area contributed by atoms with Gasteiger partial charge in [-0.3, -0.25) is 0 Å². The Balaban J connectivity index is 1.54. The Kier molecular flexibility index (Phi) is 4.24. The molecule has 182 valence electrons. The van der Waals surface area contributed by atoms with Crippen molar-refractivity contribution in [3.05, 3.63) is 133 Å². The van der Waals surface area contributed by atoms with E-state index >= 15 is 0 Å². The quantitative estimate of drug-likeness (QED) is 0.217. The van der Waals surface area contributed by atoms with E-state index in [-0.39, 0.29) is 0 Å². The largest absolute Gasteiger partial charge is 0.307 e. The summed E-state index contributed by atoms with van der Waals surface area (Å²) in [5, 5.41) is 9.09. The molecule has 0 saturated heterocycles. The van der Waals surface area contributed by atoms with Crippen LogP contribution in [-0.4, -0.2) is 9.13 Å². The van der Waals surface area contributed by atoms with Crippen LogP contribution in [0, 0.1) is 0 Å². The van der Waals surface area contributed by atoms with Gasteiger partial charge in [-0.25, -0.2) is 0 Å². The Labute approximate surface area is 228 Å². The summed E-state index contributed by atoms with van der Waals surface area (Å²) in [6.07, 6.45) is 0. The molecule has 0 unspecified atom stereocenters. The average Bonchev–Trinajstić information content (AvgIpc) is 3.65. The zero-order valence-electron chi connectivity index (χ0n) is 21.0. The van der Waals surface area contributed by atoms with Crippen molar-refractivity contribution in [1.29, 1.82) is 0 Å². The van der Waals surface area contributed by atoms with Crippen molar-refractivity contribution >= 4 is 75.1 Å². The lowest BCUT2D eigenvalue weighted by atomic mass is 10.0. The summed E-state index contributed by atoms with van der Waals surface area (Å²) in [6.45, 7) is 0. The van der Waals surface area contributed by atoms with E-state index in [0.717, 1.165) is 0 Å². The molecular weight excluding hydrogens is 492 g/mol. The van der Waals surface area contributed by atoms with Gasteiger partial charge in [0.2, 0.25) is 0 Å². The van der Waals surface area contributed by atoms with Gasteiger partial charge in [-0.1, -0.05) is 103 Å². The molecule has 0 N–H and O–H groups in total. The van der Waals surface area contributed by atoms with Crippen LogP contribution in [0.15, 0.2) is 133 Å². The van der Waals surface area contributed by atoms with Gasteiger partial charge in [0.15, 0.2) is 0 Å². The van der Waals surface area contributed by atoms with Gasteiger partial charge in [-0.2, -0.15) is 0 Å². The van der Waals surface area contributed by atoms with Crippen LogP contribution in [0.4, 0.5) is 0 Å². The molecule has 6 aromatic carbocycles. The van der Waals surface area contributed by atoms with Crippen LogP contribution in [-0.2, 0) is 0 Å². The Morgan fingerprint density at radius 3 is 1.79 bits per heavy atom. The van der Waals surface area contributed by atoms with Crippen LogP contribution in [0.3, 0.4) is 0 Å². The first-order valence-corrected chi connectivity index (χ1v) is 14.1. The Morgan fingerprint density at radius 1 is 0.410 bits per heavy atom. The predicted molar refractivity (Wildman–Crippen MR) is 168 cm³/mol. The highest BCUT2D eigenvalue weighted by Crippen LogP contribution is 2.47. The van der Waals surface area contributed by atoms with Gasteiger partial charge in [0.05, 0.1) is 21.3 Å². The molecule has 0 bridgehead atoms. The average molecular weight is 515 g/mol. The minimum absolute atomic E-state index is 1.19. The maximum absolute atomic E-state index is 2.50. The number of aromatic nitrogens is 2. The van der Waals surface area contributed by atoms with Crippen LogP contribution in [0.25, 0.3) is 75.2 Å². The molecule has 3 aromatic heterocycles. The van der Waals surface area contributed by atoms with Crippen LogP contribution < -0.4 is 0 Å². The monoisotopic (exact) mass is 514 g/mol. The number of hydrogen-bond acceptors (Lipinski definition) is 1. The van der Waals surface area contributed by atoms with Gasteiger partial charge in [0.25, 0.3) is 0 Å². The minimum atomic E-state index is 1.19. The summed E-state index contributed by atoms with van der Waals surface area (Å²) in [7, 11) is 0. The minimum Gasteiger partial charge on any atom is -0.307 e. The van der Waals surface area contributed by atoms with Gasteiger partial charge < -0.3 is 9.13 Å². The number of nitrogens with zero attached hydrogens (tertiary/aromatic N) is 2. The third kappa shape index (κ3) is 2.80. The molecule has 0 saturated carbocycles. The highest BCUT2D eigenvalue weighted by molar-refractivity contribution is 7.26. The third-order valence-electron chi connectivity index (χ3n) is 8.10. The molecule has 3 heterocycles. The molecule has 0 aliphatic rings. The van der Waals surface area contributed by atoms with E-state index in [9.17, 15) is 0 Å². The molecule has 0 amide bonds. The molecule has 3 heteroatoms. The first-order chi connectivity index (χ1) is 19.4. The molecule has 0 atom stereocenters. The van der Waals surface area contributed by atoms with Crippen molar-refractivity contribution in [2.45, 2.75) is 0 Å². The Hall–Kier alpha value is -4.86. The van der Waals surface area contributed by atoms with Gasteiger partial charge in [-0.05, 0) is 35.7 Å². The summed E-state index contributed by atoms with van der Waals surface area (Å²) < 4.78 is 6.27. The van der Waals surface area contributed by atoms with Crippen LogP contribution in [0.1, 0.15) is 0 Å². The zero-order valence-corrected chi connectivity index (χ0v) is 21.8. The smallest absolute Gasteiger partial charge is 0.109 e. The van der Waals surface area contributed by atoms with Gasteiger partial charge in [-0.15, -0.1) is 11.3 Å². The van der Waals surface area contributed by atoms with E-state index < -0.39 is 0 Å². The van der Waals surface area contributed by atoms with E-state index in [0.29, 0.717) is 0 Å². The maximum Gasteiger partial charge on any atom is 0.109 e. The number of benzene rings is 6. The summed E-state index contributed by atoms with van der Waals surface area (Å²) >= 11 is 1.91. The lowest BCUT2D eigenvalue weighted by Crippen LogP contribution is -1.94. The summed E-state index contributed by atoms with van der Waals surface area (Å²) in [5.74, 6) is 0. The van der Waals surface area contributed by atoms with Crippen molar-refractivity contribution < 1.29 is 0 Å². The Bertz CT molecular complexity index is 2370. The number of fused-ring (bicyclic) bond motifs is 11. The van der Waals surface area contributed by atoms with E-state index in [4.69, 9.17) is 0 Å². The summed E-state index contributed by atoms with van der Waals surface area (Å²) in [5.41, 5.74) is 6.20. The lowest BCUT2D eigenvalue weighted by molar-refractivity contribution is 1.19. The fourth-order valence-electron chi connectivity index (χ4n) is 6.47. The molecule has 39 heavy (non-hydrogen) atoms. The van der Waals surface area contributed by atoms with Crippen molar-refractivity contribution in [3.63, 3.8) is 0 Å². The highest BCUT2D eigenvalue weighted by Gasteiger charge is 2.22. The number of thiophene rings is 1. The molecule has 9 aromatic rings. The normalized spacial score (nSPS) is 12.1. The van der Waals surface area contributed by atoms with E-state index in [1.54, 1.807) is 0 Å². The fourth-order valence-corrected chi connectivity index (χ4v) is 7.86. The molecule has 9 rings (SSSR count). The van der Waals surface area contributed by atoms with Crippen molar-refractivity contribution in [2.24, 2.45) is 0 Å². The fraction of sp³-hybridized carbons (Fsp3) is 0. The third-order valence-corrected chi connectivity index (χ3v) is 9.30. The summed E-state index contributed by atoms with van der Waals surface area (Å²) in [4.78, 5) is 1.29. The molecule has 0 spiro atoms. The first kappa shape index (κ1) is 21.1. The second kappa shape index (κ2) is 7.83. The van der Waals surface area contributed by atoms with Crippen molar-refractivity contribution in [2.75, 3.05) is 0 Å². The molecule has 0 aliphatic heterocycles. The van der Waals surface area contributed by atoms with Crippen molar-refractivity contribution in [3.8, 4) is 11.4 Å². The number of hydrogen-bond donors (Lipinski definition) is 0. The van der Waals surface area contributed by atoms with Gasteiger partial charge >= 0.3 is 0 Å². The molecule has 0 aliphatic carbocycles. The molecule has 0 fully saturated rings. The zero-order chi connectivity index (χ0) is 25.5. The second-order valence-electron chi connectivity index (χ2n) is 10.2. The SMILES string of the molecule is c1ccc(-n2c3ccccc3c3c4ccc5c6ccc7ccccc7c6n(-c6ccccc6)c5c4sc32)cc1. The van der Waals surface area contributed by atoms with Crippen LogP contribution in [0.5, 0.6) is 0 Å². The molecular formula is C36H22N2S. The van der Waals surface area contributed by atoms with E-state index in [1.165, 1.54) is 75.2 Å². The standard InChI is InChI=1S/C36H22N2S/c1-3-12-24(13-4-1)37-31-18-10-9-17-29(31)32-30-22-21-28-27-20-19-23-11-7-8-16-26(23)33(27)38(25-14-5-2-6-15-25)34(28)35(30)39-36(32)37/h1-22H. The predicted octanol–water partition coefficient (Wildman–Crippen LogP) is 10.2. The van der Waals surface area contributed by atoms with Crippen LogP contribution in [0.2, 0.25) is 0 Å². The highest BCUT2D eigenvalue weighted by atomic mass is 32.1. The molecule has 0 radical (unpaired) electrons. The summed E-state index contributed by atoms with van der Waals surface area (Å²) in [6, 6.07) is 48.4. The topological polar surface area (TPSA) is 9.86 Å². The van der Waals surface area contributed by atoms with E-state index in [1.807, 2.05) is 11.3 Å². The second-order valence-corrected chi connectivity index (χ2v) is 11.2. The van der Waals surface area contributed by atoms with Crippen molar-refractivity contribution in [1.82, 2.24) is 9.13 Å². The number of rotatable bonds is 2. The van der Waals surface area contributed by atoms with Gasteiger partial charge in [0.1, 0.15) is 4.83 Å². The number of para-hydroxylation sites is 3. The maximum atomic E-state index is 2.50. The Morgan fingerprint density at radius 2 is 1.00 bits per heavy atom.